The van der Waals surface area contributed by atoms with E-state index < -0.39 is 11.2 Å². The highest BCUT2D eigenvalue weighted by atomic mass is 32.2. The number of carbonyl (C=O) groups excluding carboxylic acids is 2. The number of methoxy groups -OCH3 is 1. The zero-order chi connectivity index (χ0) is 17.7. The zero-order valence-corrected chi connectivity index (χ0v) is 13.8. The van der Waals surface area contributed by atoms with Gasteiger partial charge in [0.25, 0.3) is 11.5 Å². The quantitative estimate of drug-likeness (QED) is 0.528. The third-order valence-corrected chi connectivity index (χ3v) is 4.00. The van der Waals surface area contributed by atoms with Crippen LogP contribution in [-0.4, -0.2) is 34.1 Å². The first-order valence-corrected chi connectivity index (χ1v) is 7.80. The molecular formula is C15H16N4O4S. The maximum atomic E-state index is 12.3. The van der Waals surface area contributed by atoms with Crippen molar-refractivity contribution in [2.75, 3.05) is 12.4 Å². The van der Waals surface area contributed by atoms with Gasteiger partial charge in [0, 0.05) is 0 Å². The van der Waals surface area contributed by atoms with Gasteiger partial charge >= 0.3 is 0 Å². The highest BCUT2D eigenvalue weighted by Crippen LogP contribution is 2.22. The number of primary amides is 1. The van der Waals surface area contributed by atoms with E-state index in [0.717, 1.165) is 11.8 Å². The number of benzene rings is 1. The van der Waals surface area contributed by atoms with E-state index in [9.17, 15) is 14.4 Å². The number of hydrogen-bond donors (Lipinski definition) is 3. The van der Waals surface area contributed by atoms with Crippen LogP contribution in [0, 0.1) is 0 Å². The second kappa shape index (κ2) is 7.64. The fraction of sp³-hybridized carbons (Fsp3) is 0.200. The second-order valence-corrected chi connectivity index (χ2v) is 6.08. The van der Waals surface area contributed by atoms with Gasteiger partial charge in [-0.3, -0.25) is 14.4 Å². The number of hydrogen-bond acceptors (Lipinski definition) is 6. The number of nitrogens with zero attached hydrogens (tertiary/aromatic N) is 1. The van der Waals surface area contributed by atoms with E-state index in [1.54, 1.807) is 25.1 Å². The van der Waals surface area contributed by atoms with E-state index in [2.05, 4.69) is 15.3 Å². The number of aromatic amines is 1. The van der Waals surface area contributed by atoms with Crippen molar-refractivity contribution in [3.05, 3.63) is 46.2 Å². The molecule has 8 nitrogen and oxygen atoms in total. The summed E-state index contributed by atoms with van der Waals surface area (Å²) in [5.41, 5.74) is 5.45. The smallest absolute Gasteiger partial charge is 0.255 e. The summed E-state index contributed by atoms with van der Waals surface area (Å²) < 4.78 is 4.92. The maximum Gasteiger partial charge on any atom is 0.255 e. The van der Waals surface area contributed by atoms with E-state index >= 15 is 0 Å². The van der Waals surface area contributed by atoms with Crippen molar-refractivity contribution in [2.24, 2.45) is 5.73 Å². The molecule has 1 aromatic heterocycles. The van der Waals surface area contributed by atoms with Gasteiger partial charge in [-0.05, 0) is 19.1 Å². The van der Waals surface area contributed by atoms with E-state index in [-0.39, 0.29) is 28.1 Å². The number of ether oxygens (including phenoxy) is 1. The summed E-state index contributed by atoms with van der Waals surface area (Å²) in [5, 5.41) is 2.32. The Morgan fingerprint density at radius 3 is 2.75 bits per heavy atom. The lowest BCUT2D eigenvalue weighted by Gasteiger charge is -2.13. The number of amides is 2. The molecule has 0 bridgehead atoms. The summed E-state index contributed by atoms with van der Waals surface area (Å²) in [6.07, 6.45) is 0. The predicted octanol–water partition coefficient (Wildman–Crippen LogP) is 0.997. The number of carbonyl (C=O) groups is 2. The standard InChI is InChI=1S/C15H16N4O4S/c1-8(24-15-18-11(20)7-12(19-15)23-2)14(22)17-10-6-4-3-5-9(10)13(16)21/h3-8H,1-2H3,(H2,16,21)(H,17,22)(H,18,19,20)/t8-/m0/s1. The molecule has 4 N–H and O–H groups in total. The maximum absolute atomic E-state index is 12.3. The predicted molar refractivity (Wildman–Crippen MR) is 90.3 cm³/mol. The van der Waals surface area contributed by atoms with Gasteiger partial charge in [0.05, 0.1) is 29.7 Å². The first-order chi connectivity index (χ1) is 11.4. The van der Waals surface area contributed by atoms with Crippen LogP contribution < -0.4 is 21.3 Å². The van der Waals surface area contributed by atoms with Crippen LogP contribution in [0.2, 0.25) is 0 Å². The molecule has 0 spiro atoms. The normalized spacial score (nSPS) is 11.6. The molecule has 0 aliphatic rings. The fourth-order valence-corrected chi connectivity index (χ4v) is 2.64. The molecule has 0 saturated heterocycles. The summed E-state index contributed by atoms with van der Waals surface area (Å²) in [6.45, 7) is 1.65. The Labute approximate surface area is 141 Å². The Balaban J connectivity index is 2.12. The third-order valence-electron chi connectivity index (χ3n) is 3.01. The van der Waals surface area contributed by atoms with Crippen molar-refractivity contribution in [3.8, 4) is 5.88 Å². The largest absolute Gasteiger partial charge is 0.481 e. The average Bonchev–Trinajstić information content (AvgIpc) is 2.54. The summed E-state index contributed by atoms with van der Waals surface area (Å²) in [5.74, 6) is -0.836. The molecule has 0 fully saturated rings. The Hall–Kier alpha value is -2.81. The molecule has 0 aliphatic heterocycles. The van der Waals surface area contributed by atoms with E-state index in [0.29, 0.717) is 5.69 Å². The summed E-state index contributed by atoms with van der Waals surface area (Å²) in [7, 11) is 1.40. The lowest BCUT2D eigenvalue weighted by atomic mass is 10.1. The fourth-order valence-electron chi connectivity index (χ4n) is 1.84. The molecule has 1 heterocycles. The first kappa shape index (κ1) is 17.5. The summed E-state index contributed by atoms with van der Waals surface area (Å²) in [6, 6.07) is 7.65. The number of rotatable bonds is 6. The molecule has 1 aromatic carbocycles. The summed E-state index contributed by atoms with van der Waals surface area (Å²) in [4.78, 5) is 41.7. The number of nitrogens with one attached hydrogen (secondary N) is 2. The molecule has 1 atom stereocenters. The van der Waals surface area contributed by atoms with Gasteiger partial charge in [-0.2, -0.15) is 4.98 Å². The molecule has 9 heteroatoms. The molecule has 2 aromatic rings. The number of thioether (sulfide) groups is 1. The minimum Gasteiger partial charge on any atom is -0.481 e. The number of aromatic nitrogens is 2. The molecule has 0 radical (unpaired) electrons. The SMILES string of the molecule is COc1cc(=O)[nH]c(S[C@@H](C)C(=O)Nc2ccccc2C(N)=O)n1. The summed E-state index contributed by atoms with van der Waals surface area (Å²) >= 11 is 1.05. The van der Waals surface area contributed by atoms with Gasteiger partial charge in [-0.1, -0.05) is 23.9 Å². The molecule has 2 amide bonds. The van der Waals surface area contributed by atoms with Gasteiger partial charge in [-0.15, -0.1) is 0 Å². The molecule has 0 saturated carbocycles. The van der Waals surface area contributed by atoms with Crippen molar-refractivity contribution in [3.63, 3.8) is 0 Å². The minimum atomic E-state index is -0.634. The van der Waals surface area contributed by atoms with Crippen molar-refractivity contribution in [1.82, 2.24) is 9.97 Å². The van der Waals surface area contributed by atoms with Crippen LogP contribution in [0.4, 0.5) is 5.69 Å². The van der Waals surface area contributed by atoms with Crippen LogP contribution >= 0.6 is 11.8 Å². The highest BCUT2D eigenvalue weighted by molar-refractivity contribution is 8.00. The third kappa shape index (κ3) is 4.35. The lowest BCUT2D eigenvalue weighted by Crippen LogP contribution is -2.25. The van der Waals surface area contributed by atoms with E-state index in [4.69, 9.17) is 10.5 Å². The average molecular weight is 348 g/mol. The van der Waals surface area contributed by atoms with E-state index in [1.165, 1.54) is 19.2 Å². The van der Waals surface area contributed by atoms with Crippen LogP contribution in [0.25, 0.3) is 0 Å². The lowest BCUT2D eigenvalue weighted by molar-refractivity contribution is -0.115. The Kier molecular flexibility index (Phi) is 5.59. The van der Waals surface area contributed by atoms with Gasteiger partial charge in [0.15, 0.2) is 5.16 Å². The zero-order valence-electron chi connectivity index (χ0n) is 13.0. The van der Waals surface area contributed by atoms with Gasteiger partial charge in [0.1, 0.15) is 0 Å². The van der Waals surface area contributed by atoms with Crippen LogP contribution in [0.1, 0.15) is 17.3 Å². The van der Waals surface area contributed by atoms with E-state index in [1.807, 2.05) is 0 Å². The Morgan fingerprint density at radius 2 is 2.08 bits per heavy atom. The number of anilines is 1. The molecular weight excluding hydrogens is 332 g/mol. The van der Waals surface area contributed by atoms with Crippen LogP contribution in [-0.2, 0) is 4.79 Å². The molecule has 0 aliphatic carbocycles. The first-order valence-electron chi connectivity index (χ1n) is 6.92. The Bertz CT molecular complexity index is 821. The number of para-hydroxylation sites is 1. The molecule has 0 unspecified atom stereocenters. The van der Waals surface area contributed by atoms with Crippen molar-refractivity contribution in [2.45, 2.75) is 17.3 Å². The second-order valence-electron chi connectivity index (χ2n) is 4.75. The molecule has 24 heavy (non-hydrogen) atoms. The highest BCUT2D eigenvalue weighted by Gasteiger charge is 2.18. The monoisotopic (exact) mass is 348 g/mol. The van der Waals surface area contributed by atoms with Gasteiger partial charge in [0.2, 0.25) is 11.8 Å². The minimum absolute atomic E-state index is 0.160. The van der Waals surface area contributed by atoms with Crippen LogP contribution in [0.15, 0.2) is 40.3 Å². The van der Waals surface area contributed by atoms with Crippen molar-refractivity contribution >= 4 is 29.3 Å². The van der Waals surface area contributed by atoms with Crippen molar-refractivity contribution < 1.29 is 14.3 Å². The van der Waals surface area contributed by atoms with Gasteiger partial charge in [-0.25, -0.2) is 0 Å². The van der Waals surface area contributed by atoms with Crippen LogP contribution in [0.5, 0.6) is 5.88 Å². The molecule has 2 rings (SSSR count). The van der Waals surface area contributed by atoms with Crippen molar-refractivity contribution in [1.29, 1.82) is 0 Å². The van der Waals surface area contributed by atoms with Gasteiger partial charge < -0.3 is 20.8 Å². The van der Waals surface area contributed by atoms with Crippen LogP contribution in [0.3, 0.4) is 0 Å². The number of nitrogens with two attached hydrogens (primary N) is 1. The topological polar surface area (TPSA) is 127 Å². The Morgan fingerprint density at radius 1 is 1.38 bits per heavy atom. The number of H-pyrrole nitrogens is 1. The molecule has 126 valence electrons.